The smallest absolute Gasteiger partial charge is 0.264 e. The lowest BCUT2D eigenvalue weighted by molar-refractivity contribution is 0.107. The number of hydrogen-bond acceptors (Lipinski definition) is 4. The van der Waals surface area contributed by atoms with Gasteiger partial charge in [-0.3, -0.25) is 4.18 Å². The molecule has 0 rings (SSSR count). The van der Waals surface area contributed by atoms with Gasteiger partial charge in [0.05, 0.1) is 26.1 Å². The molecule has 0 radical (unpaired) electrons. The zero-order valence-corrected chi connectivity index (χ0v) is 7.76. The Morgan fingerprint density at radius 2 is 2.00 bits per heavy atom. The second-order valence-corrected chi connectivity index (χ2v) is 3.74. The first kappa shape index (κ1) is 11.4. The van der Waals surface area contributed by atoms with E-state index in [1.807, 2.05) is 0 Å². The summed E-state index contributed by atoms with van der Waals surface area (Å²) in [5.74, 6) is 2.39. The van der Waals surface area contributed by atoms with E-state index in [2.05, 4.69) is 10.1 Å². The highest BCUT2D eigenvalue weighted by Gasteiger charge is 1.99. The van der Waals surface area contributed by atoms with Crippen LogP contribution in [0.3, 0.4) is 0 Å². The molecule has 0 saturated heterocycles. The fraction of sp³-hybridized carbons (Fsp3) is 0.714. The number of ether oxygens (including phenoxy) is 1. The first-order chi connectivity index (χ1) is 5.56. The summed E-state index contributed by atoms with van der Waals surface area (Å²) >= 11 is 0. The topological polar surface area (TPSA) is 52.6 Å². The maximum absolute atomic E-state index is 10.4. The second kappa shape index (κ2) is 6.00. The molecule has 0 saturated carbocycles. The van der Waals surface area contributed by atoms with Crippen LogP contribution in [-0.4, -0.2) is 34.5 Å². The zero-order valence-electron chi connectivity index (χ0n) is 6.95. The Morgan fingerprint density at radius 3 is 2.50 bits per heavy atom. The molecule has 70 valence electrons. The van der Waals surface area contributed by atoms with E-state index in [-0.39, 0.29) is 13.2 Å². The third-order valence-electron chi connectivity index (χ3n) is 0.916. The molecule has 0 aliphatic heterocycles. The van der Waals surface area contributed by atoms with E-state index in [1.54, 1.807) is 0 Å². The third kappa shape index (κ3) is 9.43. The van der Waals surface area contributed by atoms with Gasteiger partial charge in [-0.2, -0.15) is 8.42 Å². The van der Waals surface area contributed by atoms with Crippen molar-refractivity contribution in [2.75, 3.05) is 26.1 Å². The molecule has 0 aromatic heterocycles. The zero-order chi connectivity index (χ0) is 9.45. The van der Waals surface area contributed by atoms with Crippen molar-refractivity contribution in [2.24, 2.45) is 0 Å². The number of terminal acetylenes is 1. The summed E-state index contributed by atoms with van der Waals surface area (Å²) in [7, 11) is -3.34. The van der Waals surface area contributed by atoms with E-state index < -0.39 is 10.1 Å². The standard InChI is InChI=1S/C7H12O4S/c1-3-4-5-10-6-7-11-12(2,8)9/h1H,4-7H2,2H3. The predicted octanol–water partition coefficient (Wildman–Crippen LogP) is 0.00250. The van der Waals surface area contributed by atoms with Crippen molar-refractivity contribution in [2.45, 2.75) is 6.42 Å². The molecule has 12 heavy (non-hydrogen) atoms. The van der Waals surface area contributed by atoms with Crippen molar-refractivity contribution < 1.29 is 17.3 Å². The summed E-state index contributed by atoms with van der Waals surface area (Å²) in [6, 6.07) is 0. The minimum absolute atomic E-state index is 0.0450. The molecule has 0 amide bonds. The van der Waals surface area contributed by atoms with Crippen LogP contribution < -0.4 is 0 Å². The third-order valence-corrected chi connectivity index (χ3v) is 1.51. The quantitative estimate of drug-likeness (QED) is 0.338. The van der Waals surface area contributed by atoms with E-state index in [4.69, 9.17) is 11.2 Å². The average molecular weight is 192 g/mol. The van der Waals surface area contributed by atoms with Crippen LogP contribution in [0.1, 0.15) is 6.42 Å². The average Bonchev–Trinajstić information content (AvgIpc) is 1.94. The lowest BCUT2D eigenvalue weighted by atomic mass is 10.5. The highest BCUT2D eigenvalue weighted by molar-refractivity contribution is 7.85. The normalized spacial score (nSPS) is 11.0. The summed E-state index contributed by atoms with van der Waals surface area (Å²) in [5, 5.41) is 0. The molecule has 0 aliphatic carbocycles. The molecular weight excluding hydrogens is 180 g/mol. The number of rotatable bonds is 6. The fourth-order valence-electron chi connectivity index (χ4n) is 0.477. The van der Waals surface area contributed by atoms with Gasteiger partial charge in [0, 0.05) is 6.42 Å². The first-order valence-corrected chi connectivity index (χ1v) is 5.23. The van der Waals surface area contributed by atoms with E-state index in [9.17, 15) is 8.42 Å². The minimum atomic E-state index is -3.34. The molecule has 0 fully saturated rings. The summed E-state index contributed by atoms with van der Waals surface area (Å²) in [6.45, 7) is 0.724. The van der Waals surface area contributed by atoms with E-state index in [0.29, 0.717) is 13.0 Å². The Morgan fingerprint density at radius 1 is 1.33 bits per heavy atom. The van der Waals surface area contributed by atoms with E-state index >= 15 is 0 Å². The molecule has 0 atom stereocenters. The van der Waals surface area contributed by atoms with Crippen molar-refractivity contribution in [3.63, 3.8) is 0 Å². The van der Waals surface area contributed by atoms with Crippen LogP contribution in [0.4, 0.5) is 0 Å². The van der Waals surface area contributed by atoms with Crippen molar-refractivity contribution in [3.8, 4) is 12.3 Å². The highest BCUT2D eigenvalue weighted by atomic mass is 32.2. The maximum Gasteiger partial charge on any atom is 0.264 e. The van der Waals surface area contributed by atoms with Crippen LogP contribution in [0.5, 0.6) is 0 Å². The highest BCUT2D eigenvalue weighted by Crippen LogP contribution is 1.87. The molecule has 5 heteroatoms. The second-order valence-electron chi connectivity index (χ2n) is 2.09. The van der Waals surface area contributed by atoms with Crippen molar-refractivity contribution in [1.29, 1.82) is 0 Å². The van der Waals surface area contributed by atoms with Gasteiger partial charge in [0.25, 0.3) is 10.1 Å². The molecule has 0 aromatic rings. The molecule has 0 bridgehead atoms. The Bertz CT molecular complexity index is 237. The summed E-state index contributed by atoms with van der Waals surface area (Å²) in [6.07, 6.45) is 6.48. The molecule has 4 nitrogen and oxygen atoms in total. The van der Waals surface area contributed by atoms with Gasteiger partial charge in [-0.1, -0.05) is 0 Å². The van der Waals surface area contributed by atoms with Crippen LogP contribution in [0.25, 0.3) is 0 Å². The molecule has 0 aromatic carbocycles. The molecule has 0 unspecified atom stereocenters. The van der Waals surface area contributed by atoms with Crippen LogP contribution in [0.15, 0.2) is 0 Å². The van der Waals surface area contributed by atoms with Gasteiger partial charge in [-0.15, -0.1) is 12.3 Å². The maximum atomic E-state index is 10.4. The van der Waals surface area contributed by atoms with Gasteiger partial charge in [-0.05, 0) is 0 Å². The molecule has 0 N–H and O–H groups in total. The molecule has 0 heterocycles. The van der Waals surface area contributed by atoms with Gasteiger partial charge in [0.15, 0.2) is 0 Å². The first-order valence-electron chi connectivity index (χ1n) is 3.42. The van der Waals surface area contributed by atoms with Gasteiger partial charge in [0.1, 0.15) is 0 Å². The van der Waals surface area contributed by atoms with E-state index in [0.717, 1.165) is 6.26 Å². The largest absolute Gasteiger partial charge is 0.378 e. The summed E-state index contributed by atoms with van der Waals surface area (Å²) in [5.41, 5.74) is 0. The monoisotopic (exact) mass is 192 g/mol. The lowest BCUT2D eigenvalue weighted by Crippen LogP contribution is -2.09. The lowest BCUT2D eigenvalue weighted by Gasteiger charge is -2.01. The number of hydrogen-bond donors (Lipinski definition) is 0. The van der Waals surface area contributed by atoms with Crippen LogP contribution in [0, 0.1) is 12.3 Å². The Labute approximate surface area is 73.0 Å². The molecule has 0 spiro atoms. The van der Waals surface area contributed by atoms with Crippen LogP contribution in [0.2, 0.25) is 0 Å². The van der Waals surface area contributed by atoms with E-state index in [1.165, 1.54) is 0 Å². The van der Waals surface area contributed by atoms with Gasteiger partial charge in [0.2, 0.25) is 0 Å². The van der Waals surface area contributed by atoms with Gasteiger partial charge < -0.3 is 4.74 Å². The van der Waals surface area contributed by atoms with Gasteiger partial charge >= 0.3 is 0 Å². The fourth-order valence-corrected chi connectivity index (χ4v) is 0.848. The molecular formula is C7H12O4S. The molecule has 0 aliphatic rings. The van der Waals surface area contributed by atoms with Crippen molar-refractivity contribution in [3.05, 3.63) is 0 Å². The van der Waals surface area contributed by atoms with Crippen LogP contribution >= 0.6 is 0 Å². The Hall–Kier alpha value is -0.570. The van der Waals surface area contributed by atoms with Crippen LogP contribution in [-0.2, 0) is 19.0 Å². The van der Waals surface area contributed by atoms with Crippen molar-refractivity contribution in [1.82, 2.24) is 0 Å². The summed E-state index contributed by atoms with van der Waals surface area (Å²) in [4.78, 5) is 0. The Kier molecular flexibility index (Phi) is 5.72. The van der Waals surface area contributed by atoms with Gasteiger partial charge in [-0.25, -0.2) is 0 Å². The Balaban J connectivity index is 3.18. The SMILES string of the molecule is C#CCCOCCOS(C)(=O)=O. The summed E-state index contributed by atoms with van der Waals surface area (Å²) < 4.78 is 30.2. The van der Waals surface area contributed by atoms with Crippen molar-refractivity contribution >= 4 is 10.1 Å². The predicted molar refractivity (Wildman–Crippen MR) is 45.1 cm³/mol. The minimum Gasteiger partial charge on any atom is -0.378 e.